The molecular weight excluding hydrogens is 376 g/mol. The van der Waals surface area contributed by atoms with Crippen LogP contribution in [-0.4, -0.2) is 43.0 Å². The van der Waals surface area contributed by atoms with E-state index in [1.807, 2.05) is 4.90 Å². The normalized spacial score (nSPS) is 14.3. The highest BCUT2D eigenvalue weighted by Gasteiger charge is 2.26. The van der Waals surface area contributed by atoms with E-state index in [1.54, 1.807) is 30.3 Å². The molecule has 8 nitrogen and oxygen atoms in total. The molecule has 0 N–H and O–H groups in total. The summed E-state index contributed by atoms with van der Waals surface area (Å²) in [5, 5.41) is 11.5. The van der Waals surface area contributed by atoms with Crippen molar-refractivity contribution in [1.82, 2.24) is 0 Å². The van der Waals surface area contributed by atoms with Crippen LogP contribution in [0.25, 0.3) is 0 Å². The molecule has 29 heavy (non-hydrogen) atoms. The van der Waals surface area contributed by atoms with Crippen molar-refractivity contribution in [1.29, 1.82) is 0 Å². The van der Waals surface area contributed by atoms with Gasteiger partial charge in [0, 0.05) is 24.7 Å². The third-order valence-electron chi connectivity index (χ3n) is 4.88. The molecule has 1 fully saturated rings. The summed E-state index contributed by atoms with van der Waals surface area (Å²) in [7, 11) is 1.52. The number of esters is 1. The van der Waals surface area contributed by atoms with E-state index in [-0.39, 0.29) is 17.0 Å². The van der Waals surface area contributed by atoms with Crippen LogP contribution in [0.4, 0.5) is 11.4 Å². The van der Waals surface area contributed by atoms with Crippen molar-refractivity contribution in [2.45, 2.75) is 25.9 Å². The van der Waals surface area contributed by atoms with E-state index in [4.69, 9.17) is 9.47 Å². The zero-order valence-electron chi connectivity index (χ0n) is 16.3. The van der Waals surface area contributed by atoms with Crippen LogP contribution in [0.5, 0.6) is 5.75 Å². The molecule has 8 heteroatoms. The highest BCUT2D eigenvalue weighted by atomic mass is 16.6. The molecule has 3 rings (SSSR count). The van der Waals surface area contributed by atoms with Crippen molar-refractivity contribution >= 4 is 23.1 Å². The number of nitro groups is 1. The molecule has 1 aliphatic heterocycles. The summed E-state index contributed by atoms with van der Waals surface area (Å²) in [5.41, 5.74) is 0.761. The van der Waals surface area contributed by atoms with Crippen LogP contribution >= 0.6 is 0 Å². The molecule has 0 bridgehead atoms. The number of rotatable bonds is 7. The van der Waals surface area contributed by atoms with Gasteiger partial charge in [-0.25, -0.2) is 4.79 Å². The van der Waals surface area contributed by atoms with Crippen LogP contribution in [0.1, 0.15) is 40.5 Å². The number of carbonyl (C=O) groups excluding carboxylic acids is 2. The monoisotopic (exact) mass is 398 g/mol. The Kier molecular flexibility index (Phi) is 6.11. The number of carbonyl (C=O) groups is 2. The lowest BCUT2D eigenvalue weighted by atomic mass is 10.1. The Morgan fingerprint density at radius 2 is 1.69 bits per heavy atom. The van der Waals surface area contributed by atoms with Gasteiger partial charge in [0.1, 0.15) is 11.4 Å². The summed E-state index contributed by atoms with van der Waals surface area (Å²) < 4.78 is 10.3. The van der Waals surface area contributed by atoms with Crippen molar-refractivity contribution in [3.05, 3.63) is 63.7 Å². The van der Waals surface area contributed by atoms with Crippen molar-refractivity contribution in [3.63, 3.8) is 0 Å². The Bertz CT molecular complexity index is 919. The van der Waals surface area contributed by atoms with Gasteiger partial charge in [-0.2, -0.15) is 0 Å². The largest absolute Gasteiger partial charge is 0.497 e. The minimum Gasteiger partial charge on any atom is -0.497 e. The summed E-state index contributed by atoms with van der Waals surface area (Å²) in [6.45, 7) is 2.97. The highest BCUT2D eigenvalue weighted by Crippen LogP contribution is 2.32. The summed E-state index contributed by atoms with van der Waals surface area (Å²) in [6, 6.07) is 10.7. The van der Waals surface area contributed by atoms with E-state index in [2.05, 4.69) is 0 Å². The molecule has 2 aromatic rings. The fourth-order valence-corrected chi connectivity index (χ4v) is 3.29. The number of methoxy groups -OCH3 is 1. The molecule has 0 aromatic heterocycles. The summed E-state index contributed by atoms with van der Waals surface area (Å²) in [6.07, 6.45) is 0.922. The number of ether oxygens (including phenoxy) is 2. The van der Waals surface area contributed by atoms with E-state index in [9.17, 15) is 19.7 Å². The molecule has 1 atom stereocenters. The first kappa shape index (κ1) is 20.3. The van der Waals surface area contributed by atoms with Gasteiger partial charge < -0.3 is 14.4 Å². The molecular formula is C21H22N2O6. The second-order valence-corrected chi connectivity index (χ2v) is 6.80. The van der Waals surface area contributed by atoms with Gasteiger partial charge >= 0.3 is 5.97 Å². The van der Waals surface area contributed by atoms with Crippen molar-refractivity contribution in [2.75, 3.05) is 25.1 Å². The standard InChI is InChI=1S/C21H22N2O6/c1-14(20(24)15-5-8-17(28-2)9-6-15)29-21(25)16-7-10-18(19(13-16)23(26)27)22-11-3-4-12-22/h5-10,13-14H,3-4,11-12H2,1-2H3/t14-/m0/s1. The third kappa shape index (κ3) is 4.53. The Morgan fingerprint density at radius 3 is 2.28 bits per heavy atom. The lowest BCUT2D eigenvalue weighted by Crippen LogP contribution is -2.24. The molecule has 0 aliphatic carbocycles. The number of ketones is 1. The molecule has 2 aromatic carbocycles. The summed E-state index contributed by atoms with van der Waals surface area (Å²) in [5.74, 6) is -0.545. The lowest BCUT2D eigenvalue weighted by molar-refractivity contribution is -0.384. The first-order valence-corrected chi connectivity index (χ1v) is 9.33. The van der Waals surface area contributed by atoms with Crippen LogP contribution in [-0.2, 0) is 4.74 Å². The number of anilines is 1. The van der Waals surface area contributed by atoms with Gasteiger partial charge in [0.2, 0.25) is 5.78 Å². The Balaban J connectivity index is 1.74. The number of nitro benzene ring substituents is 1. The zero-order chi connectivity index (χ0) is 21.0. The first-order chi connectivity index (χ1) is 13.9. The smallest absolute Gasteiger partial charge is 0.339 e. The predicted octanol–water partition coefficient (Wildman–Crippen LogP) is 3.63. The maximum Gasteiger partial charge on any atom is 0.339 e. The van der Waals surface area contributed by atoms with Crippen molar-refractivity contribution in [3.8, 4) is 5.75 Å². The van der Waals surface area contributed by atoms with Gasteiger partial charge in [-0.05, 0) is 56.2 Å². The quantitative estimate of drug-likeness (QED) is 0.304. The van der Waals surface area contributed by atoms with Crippen molar-refractivity contribution < 1.29 is 24.0 Å². The molecule has 1 heterocycles. The van der Waals surface area contributed by atoms with Crippen LogP contribution < -0.4 is 9.64 Å². The Labute approximate surface area is 168 Å². The number of nitrogens with zero attached hydrogens (tertiary/aromatic N) is 2. The van der Waals surface area contributed by atoms with Gasteiger partial charge in [0.15, 0.2) is 6.10 Å². The lowest BCUT2D eigenvalue weighted by Gasteiger charge is -2.18. The van der Waals surface area contributed by atoms with Crippen molar-refractivity contribution in [2.24, 2.45) is 0 Å². The Morgan fingerprint density at radius 1 is 1.07 bits per heavy atom. The van der Waals surface area contributed by atoms with E-state index in [0.29, 0.717) is 17.0 Å². The third-order valence-corrected chi connectivity index (χ3v) is 4.88. The maximum atomic E-state index is 12.5. The van der Waals surface area contributed by atoms with Gasteiger partial charge in [-0.1, -0.05) is 0 Å². The van der Waals surface area contributed by atoms with Gasteiger partial charge in [0.25, 0.3) is 5.69 Å². The number of hydrogen-bond donors (Lipinski definition) is 0. The Hall–Kier alpha value is -3.42. The number of Topliss-reactive ketones (excluding diaryl/α,β-unsaturated/α-hetero) is 1. The SMILES string of the molecule is COc1ccc(C(=O)[C@H](C)OC(=O)c2ccc(N3CCCC3)c([N+](=O)[O-])c2)cc1. The van der Waals surface area contributed by atoms with Gasteiger partial charge in [-0.3, -0.25) is 14.9 Å². The molecule has 152 valence electrons. The van der Waals surface area contributed by atoms with Crippen LogP contribution in [0, 0.1) is 10.1 Å². The van der Waals surface area contributed by atoms with E-state index >= 15 is 0 Å². The average Bonchev–Trinajstić information content (AvgIpc) is 3.27. The van der Waals surface area contributed by atoms with Crippen LogP contribution in [0.2, 0.25) is 0 Å². The molecule has 1 saturated heterocycles. The minimum absolute atomic E-state index is 0.0361. The molecule has 1 aliphatic rings. The first-order valence-electron chi connectivity index (χ1n) is 9.33. The molecule has 0 unspecified atom stereocenters. The molecule has 0 spiro atoms. The second-order valence-electron chi connectivity index (χ2n) is 6.80. The van der Waals surface area contributed by atoms with E-state index in [0.717, 1.165) is 25.9 Å². The van der Waals surface area contributed by atoms with E-state index < -0.39 is 17.0 Å². The second kappa shape index (κ2) is 8.72. The zero-order valence-corrected chi connectivity index (χ0v) is 16.3. The fraction of sp³-hybridized carbons (Fsp3) is 0.333. The predicted molar refractivity (Wildman–Crippen MR) is 107 cm³/mol. The molecule has 0 amide bonds. The number of hydrogen-bond acceptors (Lipinski definition) is 7. The molecule has 0 radical (unpaired) electrons. The van der Waals surface area contributed by atoms with Crippen LogP contribution in [0.3, 0.4) is 0 Å². The summed E-state index contributed by atoms with van der Waals surface area (Å²) >= 11 is 0. The summed E-state index contributed by atoms with van der Waals surface area (Å²) in [4.78, 5) is 37.9. The minimum atomic E-state index is -1.03. The van der Waals surface area contributed by atoms with Gasteiger partial charge in [-0.15, -0.1) is 0 Å². The average molecular weight is 398 g/mol. The maximum absolute atomic E-state index is 12.5. The van der Waals surface area contributed by atoms with E-state index in [1.165, 1.54) is 26.2 Å². The topological polar surface area (TPSA) is 99.0 Å². The molecule has 0 saturated carbocycles. The fourth-order valence-electron chi connectivity index (χ4n) is 3.29. The highest BCUT2D eigenvalue weighted by molar-refractivity contribution is 6.01. The van der Waals surface area contributed by atoms with Crippen LogP contribution in [0.15, 0.2) is 42.5 Å². The number of benzene rings is 2. The van der Waals surface area contributed by atoms with Gasteiger partial charge in [0.05, 0.1) is 17.6 Å².